The molecule has 1 unspecified atom stereocenters. The summed E-state index contributed by atoms with van der Waals surface area (Å²) in [6.07, 6.45) is 7.77. The van der Waals surface area contributed by atoms with Gasteiger partial charge in [-0.15, -0.1) is 0 Å². The number of hydrogen-bond donors (Lipinski definition) is 1. The van der Waals surface area contributed by atoms with Crippen molar-refractivity contribution < 1.29 is 4.79 Å². The van der Waals surface area contributed by atoms with Gasteiger partial charge >= 0.3 is 0 Å². The molecule has 3 heterocycles. The van der Waals surface area contributed by atoms with Gasteiger partial charge in [0.25, 0.3) is 0 Å². The van der Waals surface area contributed by atoms with Crippen LogP contribution in [0.15, 0.2) is 36.8 Å². The van der Waals surface area contributed by atoms with Crippen molar-refractivity contribution in [1.29, 1.82) is 0 Å². The smallest absolute Gasteiger partial charge is 0.244 e. The number of pyridine rings is 1. The molecule has 0 bridgehead atoms. The van der Waals surface area contributed by atoms with E-state index in [0.29, 0.717) is 6.54 Å². The zero-order valence-electron chi connectivity index (χ0n) is 14.4. The normalized spacial score (nSPS) is 16.8. The van der Waals surface area contributed by atoms with Crippen LogP contribution in [-0.4, -0.2) is 33.8 Å². The van der Waals surface area contributed by atoms with E-state index in [1.54, 1.807) is 17.1 Å². The number of anilines is 1. The molecule has 0 spiro atoms. The third-order valence-corrected chi connectivity index (χ3v) is 4.68. The fourth-order valence-electron chi connectivity index (χ4n) is 2.91. The summed E-state index contributed by atoms with van der Waals surface area (Å²) in [6.45, 7) is 6.77. The number of carbonyl (C=O) groups is 1. The first-order valence-electron chi connectivity index (χ1n) is 8.60. The minimum Gasteiger partial charge on any atom is -0.357 e. The zero-order chi connectivity index (χ0) is 16.9. The minimum absolute atomic E-state index is 0.0483. The van der Waals surface area contributed by atoms with Gasteiger partial charge in [0.2, 0.25) is 5.91 Å². The number of rotatable bonds is 5. The molecule has 6 nitrogen and oxygen atoms in total. The number of nitrogens with one attached hydrogen (secondary N) is 1. The van der Waals surface area contributed by atoms with Gasteiger partial charge in [0.1, 0.15) is 11.9 Å². The van der Waals surface area contributed by atoms with E-state index < -0.39 is 0 Å². The molecule has 0 aliphatic carbocycles. The van der Waals surface area contributed by atoms with E-state index in [1.165, 1.54) is 12.8 Å². The van der Waals surface area contributed by atoms with Crippen LogP contribution in [0, 0.1) is 5.92 Å². The standard InChI is InChI=1S/C18H25N5O/c1-14-6-10-22(11-7-14)17-5-4-16(12-19-17)13-20-18(24)15(2)23-9-3-8-21-23/h3-5,8-9,12,14-15H,6-7,10-11,13H2,1-2H3,(H,20,24). The largest absolute Gasteiger partial charge is 0.357 e. The van der Waals surface area contributed by atoms with Crippen molar-refractivity contribution in [1.82, 2.24) is 20.1 Å². The molecule has 6 heteroatoms. The van der Waals surface area contributed by atoms with E-state index in [9.17, 15) is 4.79 Å². The van der Waals surface area contributed by atoms with E-state index in [4.69, 9.17) is 0 Å². The van der Waals surface area contributed by atoms with Crippen LogP contribution in [0.5, 0.6) is 0 Å². The van der Waals surface area contributed by atoms with Crippen LogP contribution in [0.1, 0.15) is 38.3 Å². The van der Waals surface area contributed by atoms with Gasteiger partial charge in [-0.3, -0.25) is 9.48 Å². The highest BCUT2D eigenvalue weighted by Gasteiger charge is 2.17. The van der Waals surface area contributed by atoms with Crippen LogP contribution in [0.25, 0.3) is 0 Å². The predicted octanol–water partition coefficient (Wildman–Crippen LogP) is 2.39. The highest BCUT2D eigenvalue weighted by molar-refractivity contribution is 5.79. The molecule has 1 aliphatic rings. The molecule has 1 fully saturated rings. The van der Waals surface area contributed by atoms with Crippen LogP contribution in [0.3, 0.4) is 0 Å². The maximum Gasteiger partial charge on any atom is 0.244 e. The first kappa shape index (κ1) is 16.5. The van der Waals surface area contributed by atoms with Crippen molar-refractivity contribution in [2.24, 2.45) is 5.92 Å². The highest BCUT2D eigenvalue weighted by Crippen LogP contribution is 2.21. The van der Waals surface area contributed by atoms with Crippen LogP contribution in [0.2, 0.25) is 0 Å². The van der Waals surface area contributed by atoms with E-state index in [0.717, 1.165) is 30.4 Å². The van der Waals surface area contributed by atoms with Gasteiger partial charge in [-0.05, 0) is 43.4 Å². The monoisotopic (exact) mass is 327 g/mol. The molecule has 1 amide bonds. The first-order valence-corrected chi connectivity index (χ1v) is 8.60. The second kappa shape index (κ2) is 7.47. The molecule has 0 saturated carbocycles. The zero-order valence-corrected chi connectivity index (χ0v) is 14.4. The Balaban J connectivity index is 1.52. The predicted molar refractivity (Wildman–Crippen MR) is 93.6 cm³/mol. The van der Waals surface area contributed by atoms with Gasteiger partial charge in [0, 0.05) is 38.2 Å². The summed E-state index contributed by atoms with van der Waals surface area (Å²) in [4.78, 5) is 19.1. The van der Waals surface area contributed by atoms with Crippen molar-refractivity contribution in [2.45, 2.75) is 39.3 Å². The second-order valence-corrected chi connectivity index (χ2v) is 6.57. The van der Waals surface area contributed by atoms with Gasteiger partial charge in [-0.1, -0.05) is 13.0 Å². The van der Waals surface area contributed by atoms with Crippen molar-refractivity contribution in [2.75, 3.05) is 18.0 Å². The van der Waals surface area contributed by atoms with E-state index >= 15 is 0 Å². The van der Waals surface area contributed by atoms with Crippen molar-refractivity contribution in [3.63, 3.8) is 0 Å². The molecule has 0 aromatic carbocycles. The van der Waals surface area contributed by atoms with Gasteiger partial charge in [-0.2, -0.15) is 5.10 Å². The number of aromatic nitrogens is 3. The third kappa shape index (κ3) is 3.93. The molecule has 24 heavy (non-hydrogen) atoms. The second-order valence-electron chi connectivity index (χ2n) is 6.57. The molecule has 2 aromatic heterocycles. The average Bonchev–Trinajstić information content (AvgIpc) is 3.15. The molecule has 1 atom stereocenters. The molecule has 1 saturated heterocycles. The Morgan fingerprint density at radius 2 is 2.17 bits per heavy atom. The molecule has 0 radical (unpaired) electrons. The number of piperidine rings is 1. The molecule has 2 aromatic rings. The van der Waals surface area contributed by atoms with Crippen molar-refractivity contribution in [3.8, 4) is 0 Å². The molecule has 1 N–H and O–H groups in total. The minimum atomic E-state index is -0.317. The number of carbonyl (C=O) groups excluding carboxylic acids is 1. The SMILES string of the molecule is CC1CCN(c2ccc(CNC(=O)C(C)n3cccn3)cn2)CC1. The lowest BCUT2D eigenvalue weighted by Gasteiger charge is -2.31. The molecular weight excluding hydrogens is 302 g/mol. The summed E-state index contributed by atoms with van der Waals surface area (Å²) < 4.78 is 1.65. The molecule has 128 valence electrons. The van der Waals surface area contributed by atoms with Crippen molar-refractivity contribution in [3.05, 3.63) is 42.4 Å². The molecule has 1 aliphatic heterocycles. The van der Waals surface area contributed by atoms with Gasteiger partial charge in [0.15, 0.2) is 0 Å². The summed E-state index contributed by atoms with van der Waals surface area (Å²) in [7, 11) is 0. The summed E-state index contributed by atoms with van der Waals surface area (Å²) in [5.41, 5.74) is 1.00. The fourth-order valence-corrected chi connectivity index (χ4v) is 2.91. The molecule has 3 rings (SSSR count). The first-order chi connectivity index (χ1) is 11.6. The average molecular weight is 327 g/mol. The Morgan fingerprint density at radius 1 is 1.38 bits per heavy atom. The summed E-state index contributed by atoms with van der Waals surface area (Å²) in [5.74, 6) is 1.79. The van der Waals surface area contributed by atoms with Crippen molar-refractivity contribution >= 4 is 11.7 Å². The molecular formula is C18H25N5O. The number of amides is 1. The van der Waals surface area contributed by atoms with E-state index in [1.807, 2.05) is 25.3 Å². The fraction of sp³-hybridized carbons (Fsp3) is 0.500. The van der Waals surface area contributed by atoms with Gasteiger partial charge in [-0.25, -0.2) is 4.98 Å². The lowest BCUT2D eigenvalue weighted by Crippen LogP contribution is -2.33. The Hall–Kier alpha value is -2.37. The van der Waals surface area contributed by atoms with E-state index in [-0.39, 0.29) is 11.9 Å². The highest BCUT2D eigenvalue weighted by atomic mass is 16.2. The summed E-state index contributed by atoms with van der Waals surface area (Å²) in [6, 6.07) is 5.59. The summed E-state index contributed by atoms with van der Waals surface area (Å²) >= 11 is 0. The quantitative estimate of drug-likeness (QED) is 0.916. The number of nitrogens with zero attached hydrogens (tertiary/aromatic N) is 4. The maximum absolute atomic E-state index is 12.2. The lowest BCUT2D eigenvalue weighted by atomic mass is 9.99. The van der Waals surface area contributed by atoms with Gasteiger partial charge < -0.3 is 10.2 Å². The summed E-state index contributed by atoms with van der Waals surface area (Å²) in [5, 5.41) is 7.04. The van der Waals surface area contributed by atoms with Crippen LogP contribution in [0.4, 0.5) is 5.82 Å². The Kier molecular flexibility index (Phi) is 5.13. The van der Waals surface area contributed by atoms with Crippen LogP contribution in [-0.2, 0) is 11.3 Å². The van der Waals surface area contributed by atoms with E-state index in [2.05, 4.69) is 33.3 Å². The Labute approximate surface area is 142 Å². The number of hydrogen-bond acceptors (Lipinski definition) is 4. The lowest BCUT2D eigenvalue weighted by molar-refractivity contribution is -0.124. The van der Waals surface area contributed by atoms with Crippen LogP contribution >= 0.6 is 0 Å². The van der Waals surface area contributed by atoms with Gasteiger partial charge in [0.05, 0.1) is 0 Å². The Bertz CT molecular complexity index is 645. The van der Waals surface area contributed by atoms with Crippen LogP contribution < -0.4 is 10.2 Å². The maximum atomic E-state index is 12.2. The third-order valence-electron chi connectivity index (χ3n) is 4.68. The Morgan fingerprint density at radius 3 is 2.79 bits per heavy atom. The topological polar surface area (TPSA) is 63.1 Å².